The maximum Gasteiger partial charge on any atom is 0.264 e. The number of ether oxygens (including phenoxy) is 4. The number of amidine groups is 2. The van der Waals surface area contributed by atoms with Crippen LogP contribution in [0, 0.1) is 24.7 Å². The Morgan fingerprint density at radius 2 is 1.54 bits per heavy atom. The highest BCUT2D eigenvalue weighted by molar-refractivity contribution is 7.17. The number of thiophene rings is 1. The van der Waals surface area contributed by atoms with Crippen molar-refractivity contribution in [2.45, 2.75) is 52.1 Å². The van der Waals surface area contributed by atoms with Gasteiger partial charge in [-0.3, -0.25) is 65.1 Å². The number of aryl methyl sites for hydroxylation is 1. The van der Waals surface area contributed by atoms with Crippen molar-refractivity contribution in [3.63, 3.8) is 0 Å². The summed E-state index contributed by atoms with van der Waals surface area (Å²) < 4.78 is 22.4. The van der Waals surface area contributed by atoms with Gasteiger partial charge in [0.25, 0.3) is 17.7 Å². The molecule has 2 aromatic carbocycles. The first-order valence-electron chi connectivity index (χ1n) is 23.0. The first kappa shape index (κ1) is 51.6. The number of piperazine rings is 1. The summed E-state index contributed by atoms with van der Waals surface area (Å²) in [6, 6.07) is 10.3. The third kappa shape index (κ3) is 12.4. The van der Waals surface area contributed by atoms with Gasteiger partial charge in [0.2, 0.25) is 17.7 Å². The van der Waals surface area contributed by atoms with E-state index in [4.69, 9.17) is 46.4 Å². The maximum absolute atomic E-state index is 13.2. The Balaban J connectivity index is 0.725. The Morgan fingerprint density at radius 1 is 0.886 bits per heavy atom. The van der Waals surface area contributed by atoms with Gasteiger partial charge in [-0.15, -0.1) is 11.3 Å². The van der Waals surface area contributed by atoms with Crippen LogP contribution >= 0.6 is 22.9 Å². The second-order valence-corrected chi connectivity index (χ2v) is 18.3. The average molecular weight is 1000 g/mol. The van der Waals surface area contributed by atoms with Crippen molar-refractivity contribution in [2.75, 3.05) is 95.8 Å². The average Bonchev–Trinajstić information content (AvgIpc) is 3.71. The molecule has 2 atom stereocenters. The minimum Gasteiger partial charge on any atom is -0.382 e. The van der Waals surface area contributed by atoms with E-state index in [9.17, 15) is 28.8 Å². The molecule has 1 aromatic heterocycles. The van der Waals surface area contributed by atoms with Gasteiger partial charge in [-0.2, -0.15) is 0 Å². The highest BCUT2D eigenvalue weighted by Gasteiger charge is 2.45. The van der Waals surface area contributed by atoms with Crippen LogP contribution in [0.4, 0.5) is 10.7 Å². The quantitative estimate of drug-likeness (QED) is 0.0336. The predicted octanol–water partition coefficient (Wildman–Crippen LogP) is 3.72. The number of nitrogens with zero attached hydrogens (tertiary/aromatic N) is 5. The Bertz CT molecular complexity index is 2560. The number of piperidine rings is 1. The van der Waals surface area contributed by atoms with Gasteiger partial charge in [0.1, 0.15) is 28.8 Å². The monoisotopic (exact) mass is 1000 g/mol. The normalized spacial score (nSPS) is 18.5. The molecule has 2 saturated heterocycles. The van der Waals surface area contributed by atoms with Gasteiger partial charge in [-0.1, -0.05) is 29.8 Å². The lowest BCUT2D eigenvalue weighted by Crippen LogP contribution is -2.54. The zero-order chi connectivity index (χ0) is 49.9. The van der Waals surface area contributed by atoms with Crippen LogP contribution in [0.3, 0.4) is 0 Å². The molecule has 6 amide bonds. The number of hydrogen-bond acceptors (Lipinski definition) is 16. The topological polar surface area (TPSA) is 248 Å². The van der Waals surface area contributed by atoms with E-state index in [1.807, 2.05) is 26.0 Å². The second-order valence-electron chi connectivity index (χ2n) is 16.7. The van der Waals surface area contributed by atoms with Crippen molar-refractivity contribution in [1.82, 2.24) is 25.6 Å². The first-order chi connectivity index (χ1) is 33.7. The molecule has 1 unspecified atom stereocenters. The fourth-order valence-electron chi connectivity index (χ4n) is 8.28. The number of hydrazine groups is 1. The van der Waals surface area contributed by atoms with Crippen LogP contribution in [-0.2, 0) is 38.1 Å². The second kappa shape index (κ2) is 24.1. The molecule has 3 aromatic rings. The van der Waals surface area contributed by atoms with Gasteiger partial charge in [0, 0.05) is 71.9 Å². The number of carbonyl (C=O) groups excluding carboxylic acids is 6. The van der Waals surface area contributed by atoms with E-state index >= 15 is 0 Å². The van der Waals surface area contributed by atoms with Crippen molar-refractivity contribution in [3.8, 4) is 0 Å². The molecule has 372 valence electrons. The molecule has 0 spiro atoms. The third-order valence-corrected chi connectivity index (χ3v) is 13.4. The Morgan fingerprint density at radius 3 is 2.20 bits per heavy atom. The molecule has 0 aliphatic carbocycles. The number of amides is 6. The van der Waals surface area contributed by atoms with E-state index in [2.05, 4.69) is 16.1 Å². The fourth-order valence-corrected chi connectivity index (χ4v) is 9.63. The van der Waals surface area contributed by atoms with Gasteiger partial charge in [0.05, 0.1) is 76.1 Å². The maximum atomic E-state index is 13.2. The number of anilines is 2. The number of aliphatic imine (C=N–C) groups is 1. The van der Waals surface area contributed by atoms with Gasteiger partial charge in [0.15, 0.2) is 0 Å². The molecular weight excluding hydrogens is 944 g/mol. The summed E-state index contributed by atoms with van der Waals surface area (Å²) >= 11 is 7.70. The summed E-state index contributed by atoms with van der Waals surface area (Å²) in [5, 5.41) is 26.1. The van der Waals surface area contributed by atoms with E-state index in [0.717, 1.165) is 31.5 Å². The summed E-state index contributed by atoms with van der Waals surface area (Å²) in [6.45, 7) is 10.3. The molecule has 5 N–H and O–H groups in total. The number of halogens is 1. The van der Waals surface area contributed by atoms with E-state index < -0.39 is 41.6 Å². The lowest BCUT2D eigenvalue weighted by Gasteiger charge is -2.34. The number of hydrogen-bond donors (Lipinski definition) is 5. The zero-order valence-electron chi connectivity index (χ0n) is 39.3. The Labute approximate surface area is 414 Å². The van der Waals surface area contributed by atoms with Crippen LogP contribution in [0.1, 0.15) is 68.5 Å². The van der Waals surface area contributed by atoms with E-state index in [1.165, 1.54) is 23.5 Å². The van der Waals surface area contributed by atoms with E-state index in [0.29, 0.717) is 95.4 Å². The molecule has 70 heavy (non-hydrogen) atoms. The highest BCUT2D eigenvalue weighted by atomic mass is 35.5. The van der Waals surface area contributed by atoms with Crippen LogP contribution < -0.4 is 21.0 Å². The van der Waals surface area contributed by atoms with Crippen molar-refractivity contribution in [3.05, 3.63) is 92.3 Å². The van der Waals surface area contributed by atoms with E-state index in [-0.39, 0.29) is 54.6 Å². The summed E-state index contributed by atoms with van der Waals surface area (Å²) in [5.41, 5.74) is 7.04. The van der Waals surface area contributed by atoms with Gasteiger partial charge in [-0.05, 0) is 63.1 Å². The van der Waals surface area contributed by atoms with Gasteiger partial charge in [-0.25, -0.2) is 5.01 Å². The first-order valence-corrected chi connectivity index (χ1v) is 24.2. The largest absolute Gasteiger partial charge is 0.382 e. The molecule has 0 radical (unpaired) electrons. The lowest BCUT2D eigenvalue weighted by molar-refractivity contribution is -0.137. The van der Waals surface area contributed by atoms with Crippen LogP contribution in [0.25, 0.3) is 0 Å². The number of nitrogens with one attached hydrogen (secondary N) is 5. The molecule has 2 fully saturated rings. The minimum absolute atomic E-state index is 0.0436. The number of imide groups is 2. The molecule has 4 aliphatic heterocycles. The van der Waals surface area contributed by atoms with Crippen LogP contribution in [0.15, 0.2) is 59.6 Å². The zero-order valence-corrected chi connectivity index (χ0v) is 40.8. The molecule has 0 bridgehead atoms. The summed E-state index contributed by atoms with van der Waals surface area (Å²) in [5.74, 6) is -2.45. The predicted molar refractivity (Wildman–Crippen MR) is 263 cm³/mol. The van der Waals surface area contributed by atoms with Crippen LogP contribution in [0.2, 0.25) is 5.02 Å². The van der Waals surface area contributed by atoms with Crippen LogP contribution in [-0.4, -0.2) is 165 Å². The molecule has 5 heterocycles. The number of benzene rings is 2. The number of carbonyl (C=O) groups is 6. The van der Waals surface area contributed by atoms with Gasteiger partial charge < -0.3 is 29.2 Å². The lowest BCUT2D eigenvalue weighted by atomic mass is 10.00. The molecule has 7 rings (SSSR count). The van der Waals surface area contributed by atoms with Gasteiger partial charge >= 0.3 is 0 Å². The molecule has 0 saturated carbocycles. The number of fused-ring (bicyclic) bond motifs is 2. The van der Waals surface area contributed by atoms with Crippen LogP contribution in [0.5, 0.6) is 0 Å². The smallest absolute Gasteiger partial charge is 0.264 e. The molecule has 20 nitrogen and oxygen atoms in total. The fraction of sp³-hybridized carbons (Fsp3) is 0.438. The highest BCUT2D eigenvalue weighted by Crippen LogP contribution is 2.40. The summed E-state index contributed by atoms with van der Waals surface area (Å²) in [6.07, 6.45) is 3.28. The summed E-state index contributed by atoms with van der Waals surface area (Å²) in [4.78, 5) is 86.5. The molecular formula is C48H57ClN10O10S. The Hall–Kier alpha value is -6.20. The standard InChI is InChI=1S/C48H57ClN10O10S/c1-29-30(2)70-48-41(29)43(32-7-9-33(49)10-8-32)53-36(44(51)58(48)31(3)50)11-13-39(61)55-57-19-17-56(18-20-57)40(62)15-21-66-23-25-68-27-28-69-26-24-67-22-16-52-35-6-4-5-34-42(35)47(65)59(46(34)64)37-12-14-38(60)54-45(37)63/h4-11,13,36-37,50-52H,12,14-28H2,1-3H3,(H,55,61)(H,54,60,63)/b13-11-,50-31?,51-44?/t36-,37?/m0/s1. The number of rotatable bonds is 21. The minimum atomic E-state index is -1.03. The SMILES string of the molecule is CC(=N)N1C(=N)[C@H](/C=C\C(=O)NN2CCN(C(=O)CCOCCOCCOCCOCCNc3cccc4c3C(=O)N(C3CCC(=O)NC3=O)C4=O)CC2)N=C(c2ccc(Cl)cc2)c2c1sc(C)c2C. The van der Waals surface area contributed by atoms with Crippen molar-refractivity contribution in [1.29, 1.82) is 10.8 Å². The molecule has 22 heteroatoms. The summed E-state index contributed by atoms with van der Waals surface area (Å²) in [7, 11) is 0. The third-order valence-electron chi connectivity index (χ3n) is 12.0. The Kier molecular flexibility index (Phi) is 17.8. The molecule has 4 aliphatic rings. The van der Waals surface area contributed by atoms with Crippen molar-refractivity contribution in [2.24, 2.45) is 4.99 Å². The van der Waals surface area contributed by atoms with Crippen molar-refractivity contribution >= 4 is 86.5 Å². The van der Waals surface area contributed by atoms with E-state index in [1.54, 1.807) is 52.1 Å². The van der Waals surface area contributed by atoms with Crippen molar-refractivity contribution < 1.29 is 47.7 Å².